The molecule has 100 valence electrons. The Morgan fingerprint density at radius 2 is 2.10 bits per heavy atom. The second-order valence-electron chi connectivity index (χ2n) is 4.23. The smallest absolute Gasteiger partial charge is 0.251 e. The molecule has 0 aliphatic rings. The average Bonchev–Trinajstić information content (AvgIpc) is 2.47. The van der Waals surface area contributed by atoms with E-state index in [0.717, 1.165) is 5.56 Å². The average molecular weight is 286 g/mol. The lowest BCUT2D eigenvalue weighted by atomic mass is 10.1. The number of rotatable bonds is 3. The number of nitrogens with zero attached hydrogens (tertiary/aromatic N) is 1. The molecule has 2 aromatic rings. The number of carbonyl (C=O) groups excluding carboxylic acids is 1. The number of hydrogen-bond donors (Lipinski definition) is 2. The number of nitrogens with one attached hydrogen (secondary N) is 1. The molecule has 0 saturated heterocycles. The molecule has 0 unspecified atom stereocenters. The van der Waals surface area contributed by atoms with Crippen molar-refractivity contribution in [3.05, 3.63) is 64.2 Å². The molecular formula is C15H12ClN3O. The van der Waals surface area contributed by atoms with E-state index in [0.29, 0.717) is 28.4 Å². The number of carbonyl (C=O) groups is 1. The Morgan fingerprint density at radius 1 is 1.30 bits per heavy atom. The minimum Gasteiger partial charge on any atom is -0.398 e. The summed E-state index contributed by atoms with van der Waals surface area (Å²) < 4.78 is 0. The molecule has 0 heterocycles. The van der Waals surface area contributed by atoms with Gasteiger partial charge in [0.25, 0.3) is 5.91 Å². The van der Waals surface area contributed by atoms with Crippen LogP contribution in [0.1, 0.15) is 21.5 Å². The van der Waals surface area contributed by atoms with Gasteiger partial charge in [0.15, 0.2) is 0 Å². The molecular weight excluding hydrogens is 274 g/mol. The fraction of sp³-hybridized carbons (Fsp3) is 0.0667. The van der Waals surface area contributed by atoms with Crippen LogP contribution in [0.2, 0.25) is 5.02 Å². The summed E-state index contributed by atoms with van der Waals surface area (Å²) in [6.07, 6.45) is 0. The fourth-order valence-corrected chi connectivity index (χ4v) is 1.84. The largest absolute Gasteiger partial charge is 0.398 e. The molecule has 0 bridgehead atoms. The maximum atomic E-state index is 12.0. The van der Waals surface area contributed by atoms with Crippen LogP contribution in [0.25, 0.3) is 0 Å². The van der Waals surface area contributed by atoms with Gasteiger partial charge < -0.3 is 11.1 Å². The van der Waals surface area contributed by atoms with Crippen molar-refractivity contribution in [2.45, 2.75) is 6.54 Å². The Bertz CT molecular complexity index is 692. The molecule has 1 amide bonds. The number of hydrogen-bond acceptors (Lipinski definition) is 3. The normalized spacial score (nSPS) is 9.80. The van der Waals surface area contributed by atoms with Crippen LogP contribution in [-0.4, -0.2) is 5.91 Å². The highest BCUT2D eigenvalue weighted by Gasteiger charge is 2.07. The lowest BCUT2D eigenvalue weighted by Crippen LogP contribution is -2.22. The molecule has 0 aliphatic heterocycles. The number of nitriles is 1. The van der Waals surface area contributed by atoms with Gasteiger partial charge in [-0.15, -0.1) is 0 Å². The van der Waals surface area contributed by atoms with Gasteiger partial charge in [-0.1, -0.05) is 23.7 Å². The molecule has 0 spiro atoms. The minimum absolute atomic E-state index is 0.240. The minimum atomic E-state index is -0.240. The van der Waals surface area contributed by atoms with Crippen molar-refractivity contribution in [1.82, 2.24) is 5.32 Å². The zero-order valence-corrected chi connectivity index (χ0v) is 11.3. The Hall–Kier alpha value is -2.51. The number of nitrogen functional groups attached to an aromatic ring is 1. The number of amides is 1. The number of benzene rings is 2. The number of halogens is 1. The van der Waals surface area contributed by atoms with Crippen molar-refractivity contribution in [1.29, 1.82) is 5.26 Å². The van der Waals surface area contributed by atoms with E-state index < -0.39 is 0 Å². The van der Waals surface area contributed by atoms with E-state index in [9.17, 15) is 4.79 Å². The van der Waals surface area contributed by atoms with Crippen molar-refractivity contribution in [3.63, 3.8) is 0 Å². The predicted octanol–water partition coefficient (Wildman–Crippen LogP) is 2.72. The van der Waals surface area contributed by atoms with Crippen molar-refractivity contribution >= 4 is 23.2 Å². The first-order valence-corrected chi connectivity index (χ1v) is 6.30. The Kier molecular flexibility index (Phi) is 4.24. The fourth-order valence-electron chi connectivity index (χ4n) is 1.72. The van der Waals surface area contributed by atoms with E-state index in [1.807, 2.05) is 6.07 Å². The van der Waals surface area contributed by atoms with Crippen LogP contribution in [0.15, 0.2) is 42.5 Å². The first-order chi connectivity index (χ1) is 9.60. The summed E-state index contributed by atoms with van der Waals surface area (Å²) in [5.41, 5.74) is 7.89. The zero-order valence-electron chi connectivity index (χ0n) is 10.6. The molecule has 3 N–H and O–H groups in total. The van der Waals surface area contributed by atoms with Crippen molar-refractivity contribution in [2.24, 2.45) is 0 Å². The van der Waals surface area contributed by atoms with Crippen LogP contribution in [-0.2, 0) is 6.54 Å². The summed E-state index contributed by atoms with van der Waals surface area (Å²) in [6, 6.07) is 13.9. The molecule has 5 heteroatoms. The molecule has 4 nitrogen and oxygen atoms in total. The molecule has 0 saturated carbocycles. The second-order valence-corrected chi connectivity index (χ2v) is 4.64. The van der Waals surface area contributed by atoms with Gasteiger partial charge >= 0.3 is 0 Å². The number of anilines is 1. The van der Waals surface area contributed by atoms with E-state index in [4.69, 9.17) is 22.6 Å². The van der Waals surface area contributed by atoms with Crippen LogP contribution >= 0.6 is 11.6 Å². The van der Waals surface area contributed by atoms with Crippen LogP contribution in [0.4, 0.5) is 5.69 Å². The third-order valence-corrected chi connectivity index (χ3v) is 3.11. The quantitative estimate of drug-likeness (QED) is 0.851. The highest BCUT2D eigenvalue weighted by molar-refractivity contribution is 6.33. The Balaban J connectivity index is 2.05. The second kappa shape index (κ2) is 6.09. The van der Waals surface area contributed by atoms with E-state index in [1.54, 1.807) is 30.3 Å². The summed E-state index contributed by atoms with van der Waals surface area (Å²) in [7, 11) is 0. The summed E-state index contributed by atoms with van der Waals surface area (Å²) in [5, 5.41) is 12.0. The van der Waals surface area contributed by atoms with Gasteiger partial charge in [0.2, 0.25) is 0 Å². The SMILES string of the molecule is N#Cc1cccc(CNC(=O)c2ccc(Cl)c(N)c2)c1. The molecule has 2 aromatic carbocycles. The summed E-state index contributed by atoms with van der Waals surface area (Å²) in [4.78, 5) is 12.0. The maximum Gasteiger partial charge on any atom is 0.251 e. The van der Waals surface area contributed by atoms with E-state index in [-0.39, 0.29) is 5.91 Å². The predicted molar refractivity (Wildman–Crippen MR) is 78.2 cm³/mol. The third-order valence-electron chi connectivity index (χ3n) is 2.77. The van der Waals surface area contributed by atoms with Crippen LogP contribution in [0, 0.1) is 11.3 Å². The van der Waals surface area contributed by atoms with Gasteiger partial charge in [-0.2, -0.15) is 5.26 Å². The molecule has 0 atom stereocenters. The maximum absolute atomic E-state index is 12.0. The van der Waals surface area contributed by atoms with Crippen molar-refractivity contribution in [3.8, 4) is 6.07 Å². The van der Waals surface area contributed by atoms with E-state index in [2.05, 4.69) is 11.4 Å². The molecule has 2 rings (SSSR count). The highest BCUT2D eigenvalue weighted by Crippen LogP contribution is 2.19. The first kappa shape index (κ1) is 13.9. The van der Waals surface area contributed by atoms with Crippen molar-refractivity contribution in [2.75, 3.05) is 5.73 Å². The standard InChI is InChI=1S/C15H12ClN3O/c16-13-5-4-12(7-14(13)18)15(20)19-9-11-3-1-2-10(6-11)8-17/h1-7H,9,18H2,(H,19,20). The topological polar surface area (TPSA) is 78.9 Å². The summed E-state index contributed by atoms with van der Waals surface area (Å²) in [6.45, 7) is 0.344. The molecule has 0 aromatic heterocycles. The van der Waals surface area contributed by atoms with Gasteiger partial charge in [0.05, 0.1) is 22.3 Å². The monoisotopic (exact) mass is 285 g/mol. The first-order valence-electron chi connectivity index (χ1n) is 5.92. The summed E-state index contributed by atoms with van der Waals surface area (Å²) in [5.74, 6) is -0.240. The van der Waals surface area contributed by atoms with Gasteiger partial charge in [0.1, 0.15) is 0 Å². The van der Waals surface area contributed by atoms with Gasteiger partial charge in [-0.3, -0.25) is 4.79 Å². The van der Waals surface area contributed by atoms with Crippen LogP contribution < -0.4 is 11.1 Å². The number of nitrogens with two attached hydrogens (primary N) is 1. The van der Waals surface area contributed by atoms with Crippen molar-refractivity contribution < 1.29 is 4.79 Å². The molecule has 20 heavy (non-hydrogen) atoms. The molecule has 0 radical (unpaired) electrons. The zero-order chi connectivity index (χ0) is 14.5. The van der Waals surface area contributed by atoms with E-state index in [1.165, 1.54) is 6.07 Å². The lowest BCUT2D eigenvalue weighted by Gasteiger charge is -2.07. The third kappa shape index (κ3) is 3.28. The Labute approximate surface area is 121 Å². The lowest BCUT2D eigenvalue weighted by molar-refractivity contribution is 0.0951. The summed E-state index contributed by atoms with van der Waals surface area (Å²) >= 11 is 5.80. The van der Waals surface area contributed by atoms with E-state index >= 15 is 0 Å². The molecule has 0 fully saturated rings. The van der Waals surface area contributed by atoms with Crippen LogP contribution in [0.5, 0.6) is 0 Å². The highest BCUT2D eigenvalue weighted by atomic mass is 35.5. The van der Waals surface area contributed by atoms with Gasteiger partial charge in [0, 0.05) is 12.1 Å². The Morgan fingerprint density at radius 3 is 2.80 bits per heavy atom. The molecule has 0 aliphatic carbocycles. The van der Waals surface area contributed by atoms with Gasteiger partial charge in [-0.05, 0) is 35.9 Å². The van der Waals surface area contributed by atoms with Crippen LogP contribution in [0.3, 0.4) is 0 Å². The van der Waals surface area contributed by atoms with Gasteiger partial charge in [-0.25, -0.2) is 0 Å².